The molecule has 0 saturated heterocycles. The van der Waals surface area contributed by atoms with Crippen LogP contribution in [0.5, 0.6) is 5.75 Å². The highest BCUT2D eigenvalue weighted by molar-refractivity contribution is 9.10. The lowest BCUT2D eigenvalue weighted by Crippen LogP contribution is -2.41. The average molecular weight is 326 g/mol. The van der Waals surface area contributed by atoms with Crippen LogP contribution >= 0.6 is 15.9 Å². The van der Waals surface area contributed by atoms with E-state index >= 15 is 0 Å². The van der Waals surface area contributed by atoms with Crippen molar-refractivity contribution in [2.75, 3.05) is 7.11 Å². The van der Waals surface area contributed by atoms with Gasteiger partial charge in [0.05, 0.1) is 11.6 Å². The van der Waals surface area contributed by atoms with Gasteiger partial charge in [-0.3, -0.25) is 0 Å². The molecule has 2 nitrogen and oxygen atoms in total. The number of ether oxygens (including phenoxy) is 1. The Labute approximate surface area is 124 Å². The summed E-state index contributed by atoms with van der Waals surface area (Å²) in [5.74, 6) is 1.71. The van der Waals surface area contributed by atoms with Crippen LogP contribution in [0.1, 0.15) is 44.6 Å². The summed E-state index contributed by atoms with van der Waals surface area (Å²) in [7, 11) is 1.69. The van der Waals surface area contributed by atoms with E-state index in [1.54, 1.807) is 7.11 Å². The van der Waals surface area contributed by atoms with Crippen molar-refractivity contribution >= 4 is 15.9 Å². The molecule has 2 unspecified atom stereocenters. The molecule has 0 bridgehead atoms. The molecular formula is C16H24BrNO. The maximum atomic E-state index is 6.63. The highest BCUT2D eigenvalue weighted by Gasteiger charge is 2.28. The molecular weight excluding hydrogens is 302 g/mol. The fourth-order valence-electron chi connectivity index (χ4n) is 3.01. The van der Waals surface area contributed by atoms with Crippen LogP contribution in [0.15, 0.2) is 22.7 Å². The Morgan fingerprint density at radius 1 is 1.37 bits per heavy atom. The Morgan fingerprint density at radius 2 is 2.16 bits per heavy atom. The molecule has 19 heavy (non-hydrogen) atoms. The van der Waals surface area contributed by atoms with Gasteiger partial charge in [-0.2, -0.15) is 0 Å². The van der Waals surface area contributed by atoms with Gasteiger partial charge in [0.1, 0.15) is 5.75 Å². The molecule has 0 aromatic heterocycles. The predicted molar refractivity (Wildman–Crippen MR) is 83.6 cm³/mol. The van der Waals surface area contributed by atoms with Crippen LogP contribution < -0.4 is 10.5 Å². The van der Waals surface area contributed by atoms with Gasteiger partial charge in [0.15, 0.2) is 0 Å². The summed E-state index contributed by atoms with van der Waals surface area (Å²) in [6.45, 7) is 2.34. The SMILES string of the molecule is COc1ccc(CC2(N)CCCC(C)CC2)cc1Br. The fourth-order valence-corrected chi connectivity index (χ4v) is 3.60. The van der Waals surface area contributed by atoms with E-state index in [2.05, 4.69) is 35.0 Å². The second kappa shape index (κ2) is 6.27. The van der Waals surface area contributed by atoms with Gasteiger partial charge in [0.25, 0.3) is 0 Å². The minimum absolute atomic E-state index is 0.0290. The van der Waals surface area contributed by atoms with Crippen molar-refractivity contribution in [3.8, 4) is 5.75 Å². The summed E-state index contributed by atoms with van der Waals surface area (Å²) in [5.41, 5.74) is 7.89. The van der Waals surface area contributed by atoms with E-state index < -0.39 is 0 Å². The zero-order chi connectivity index (χ0) is 13.9. The topological polar surface area (TPSA) is 35.2 Å². The van der Waals surface area contributed by atoms with Gasteiger partial charge in [-0.1, -0.05) is 25.8 Å². The molecule has 1 aliphatic carbocycles. The molecule has 2 atom stereocenters. The third-order valence-electron chi connectivity index (χ3n) is 4.28. The first kappa shape index (κ1) is 14.9. The lowest BCUT2D eigenvalue weighted by Gasteiger charge is -2.28. The summed E-state index contributed by atoms with van der Waals surface area (Å²) in [6.07, 6.45) is 7.08. The maximum Gasteiger partial charge on any atom is 0.133 e. The van der Waals surface area contributed by atoms with Crippen LogP contribution in [0.4, 0.5) is 0 Å². The maximum absolute atomic E-state index is 6.63. The van der Waals surface area contributed by atoms with Crippen molar-refractivity contribution in [1.29, 1.82) is 0 Å². The number of methoxy groups -OCH3 is 1. The molecule has 0 radical (unpaired) electrons. The van der Waals surface area contributed by atoms with E-state index in [0.717, 1.165) is 35.4 Å². The van der Waals surface area contributed by atoms with Gasteiger partial charge in [0, 0.05) is 5.54 Å². The Hall–Kier alpha value is -0.540. The van der Waals surface area contributed by atoms with E-state index in [-0.39, 0.29) is 5.54 Å². The quantitative estimate of drug-likeness (QED) is 0.841. The molecule has 106 valence electrons. The number of benzene rings is 1. The van der Waals surface area contributed by atoms with Crippen molar-refractivity contribution in [2.24, 2.45) is 11.7 Å². The Morgan fingerprint density at radius 3 is 2.84 bits per heavy atom. The molecule has 0 amide bonds. The van der Waals surface area contributed by atoms with Crippen molar-refractivity contribution in [3.05, 3.63) is 28.2 Å². The molecule has 1 aliphatic rings. The molecule has 1 aromatic rings. The van der Waals surface area contributed by atoms with E-state index in [1.807, 2.05) is 6.07 Å². The standard InChI is InChI=1S/C16H24BrNO/c1-12-4-3-8-16(18,9-7-12)11-13-5-6-15(19-2)14(17)10-13/h5-6,10,12H,3-4,7-9,11,18H2,1-2H3. The van der Waals surface area contributed by atoms with Gasteiger partial charge < -0.3 is 10.5 Å². The number of rotatable bonds is 3. The van der Waals surface area contributed by atoms with Gasteiger partial charge in [0.2, 0.25) is 0 Å². The van der Waals surface area contributed by atoms with Gasteiger partial charge in [-0.05, 0) is 65.2 Å². The Bertz CT molecular complexity index is 435. The molecule has 1 saturated carbocycles. The highest BCUT2D eigenvalue weighted by atomic mass is 79.9. The fraction of sp³-hybridized carbons (Fsp3) is 0.625. The minimum atomic E-state index is -0.0290. The number of hydrogen-bond acceptors (Lipinski definition) is 2. The summed E-state index contributed by atoms with van der Waals surface area (Å²) in [4.78, 5) is 0. The third-order valence-corrected chi connectivity index (χ3v) is 4.90. The number of halogens is 1. The summed E-state index contributed by atoms with van der Waals surface area (Å²) < 4.78 is 6.28. The van der Waals surface area contributed by atoms with Crippen LogP contribution in [0.25, 0.3) is 0 Å². The molecule has 1 fully saturated rings. The first-order valence-corrected chi connectivity index (χ1v) is 7.93. The van der Waals surface area contributed by atoms with Crippen molar-refractivity contribution in [1.82, 2.24) is 0 Å². The predicted octanol–water partition coefficient (Wildman–Crippen LogP) is 4.30. The van der Waals surface area contributed by atoms with Crippen molar-refractivity contribution < 1.29 is 4.74 Å². The van der Waals surface area contributed by atoms with E-state index in [9.17, 15) is 0 Å². The molecule has 2 N–H and O–H groups in total. The van der Waals surface area contributed by atoms with Crippen molar-refractivity contribution in [3.63, 3.8) is 0 Å². The molecule has 0 aliphatic heterocycles. The average Bonchev–Trinajstić information content (AvgIpc) is 2.52. The van der Waals surface area contributed by atoms with E-state index in [4.69, 9.17) is 10.5 Å². The third kappa shape index (κ3) is 3.96. The first-order valence-electron chi connectivity index (χ1n) is 7.14. The Balaban J connectivity index is 2.09. The number of nitrogens with two attached hydrogens (primary N) is 1. The van der Waals surface area contributed by atoms with Gasteiger partial charge in [-0.15, -0.1) is 0 Å². The van der Waals surface area contributed by atoms with Crippen LogP contribution in [0.3, 0.4) is 0 Å². The molecule has 1 aromatic carbocycles. The zero-order valence-corrected chi connectivity index (χ0v) is 13.5. The molecule has 0 spiro atoms. The zero-order valence-electron chi connectivity index (χ0n) is 11.9. The second-order valence-electron chi connectivity index (χ2n) is 6.04. The minimum Gasteiger partial charge on any atom is -0.496 e. The van der Waals surface area contributed by atoms with Crippen LogP contribution in [0, 0.1) is 5.92 Å². The normalized spacial score (nSPS) is 27.9. The summed E-state index contributed by atoms with van der Waals surface area (Å²) >= 11 is 3.55. The Kier molecular flexibility index (Phi) is 4.91. The summed E-state index contributed by atoms with van der Waals surface area (Å²) in [6, 6.07) is 6.29. The van der Waals surface area contributed by atoms with E-state index in [1.165, 1.54) is 24.8 Å². The monoisotopic (exact) mass is 325 g/mol. The van der Waals surface area contributed by atoms with E-state index in [0.29, 0.717) is 0 Å². The first-order chi connectivity index (χ1) is 9.02. The van der Waals surface area contributed by atoms with Crippen LogP contribution in [0.2, 0.25) is 0 Å². The number of hydrogen-bond donors (Lipinski definition) is 1. The smallest absolute Gasteiger partial charge is 0.133 e. The molecule has 2 rings (SSSR count). The van der Waals surface area contributed by atoms with Crippen molar-refractivity contribution in [2.45, 2.75) is 51.0 Å². The highest BCUT2D eigenvalue weighted by Crippen LogP contribution is 2.33. The largest absolute Gasteiger partial charge is 0.496 e. The van der Waals surface area contributed by atoms with Crippen LogP contribution in [-0.4, -0.2) is 12.6 Å². The second-order valence-corrected chi connectivity index (χ2v) is 6.90. The molecule has 0 heterocycles. The summed E-state index contributed by atoms with van der Waals surface area (Å²) in [5, 5.41) is 0. The lowest BCUT2D eigenvalue weighted by atomic mass is 9.84. The lowest BCUT2D eigenvalue weighted by molar-refractivity contribution is 0.362. The van der Waals surface area contributed by atoms with Crippen LogP contribution in [-0.2, 0) is 6.42 Å². The van der Waals surface area contributed by atoms with Gasteiger partial charge >= 0.3 is 0 Å². The van der Waals surface area contributed by atoms with Gasteiger partial charge in [-0.25, -0.2) is 0 Å². The molecule has 3 heteroatoms.